The Bertz CT molecular complexity index is 806. The van der Waals surface area contributed by atoms with E-state index < -0.39 is 10.0 Å². The number of hydrogen-bond acceptors (Lipinski definition) is 4. The SMILES string of the molecule is O=S(=O)(NCC1(Sc2ccccc2)CCOCC1)c1cccc(Cl)c1. The minimum absolute atomic E-state index is 0.187. The van der Waals surface area contributed by atoms with E-state index in [0.29, 0.717) is 24.8 Å². The number of sulfonamides is 1. The summed E-state index contributed by atoms with van der Waals surface area (Å²) in [6.07, 6.45) is 1.59. The van der Waals surface area contributed by atoms with Gasteiger partial charge in [0.1, 0.15) is 0 Å². The summed E-state index contributed by atoms with van der Waals surface area (Å²) in [4.78, 5) is 1.32. The standard InChI is InChI=1S/C18H20ClNO3S2/c19-15-5-4-8-17(13-15)25(21,22)20-14-18(9-11-23-12-10-18)24-16-6-2-1-3-7-16/h1-8,13,20H,9-12,14H2. The van der Waals surface area contributed by atoms with Crippen LogP contribution >= 0.6 is 23.4 Å². The van der Waals surface area contributed by atoms with E-state index >= 15 is 0 Å². The summed E-state index contributed by atoms with van der Waals surface area (Å²) in [6.45, 7) is 1.63. The largest absolute Gasteiger partial charge is 0.381 e. The molecule has 25 heavy (non-hydrogen) atoms. The molecular formula is C18H20ClNO3S2. The van der Waals surface area contributed by atoms with Crippen LogP contribution in [0.2, 0.25) is 5.02 Å². The molecule has 2 aromatic rings. The fourth-order valence-electron chi connectivity index (χ4n) is 2.74. The predicted molar refractivity (Wildman–Crippen MR) is 102 cm³/mol. The van der Waals surface area contributed by atoms with Crippen molar-refractivity contribution in [3.05, 3.63) is 59.6 Å². The maximum Gasteiger partial charge on any atom is 0.240 e. The minimum Gasteiger partial charge on any atom is -0.381 e. The molecule has 1 N–H and O–H groups in total. The number of hydrogen-bond donors (Lipinski definition) is 1. The molecule has 0 aliphatic carbocycles. The van der Waals surface area contributed by atoms with Gasteiger partial charge in [0, 0.05) is 34.4 Å². The van der Waals surface area contributed by atoms with Crippen molar-refractivity contribution >= 4 is 33.4 Å². The third-order valence-corrected chi connectivity index (χ3v) is 7.30. The number of ether oxygens (including phenoxy) is 1. The van der Waals surface area contributed by atoms with Gasteiger partial charge in [-0.1, -0.05) is 35.9 Å². The van der Waals surface area contributed by atoms with E-state index in [-0.39, 0.29) is 9.64 Å². The van der Waals surface area contributed by atoms with Gasteiger partial charge >= 0.3 is 0 Å². The van der Waals surface area contributed by atoms with Gasteiger partial charge in [-0.05, 0) is 43.2 Å². The molecule has 134 valence electrons. The zero-order chi connectivity index (χ0) is 17.8. The second-order valence-corrected chi connectivity index (χ2v) is 9.74. The molecule has 0 bridgehead atoms. The Morgan fingerprint density at radius 1 is 1.08 bits per heavy atom. The molecule has 0 amide bonds. The molecule has 1 aliphatic heterocycles. The number of benzene rings is 2. The van der Waals surface area contributed by atoms with Gasteiger partial charge in [0.25, 0.3) is 0 Å². The average molecular weight is 398 g/mol. The maximum absolute atomic E-state index is 12.6. The number of rotatable bonds is 6. The second-order valence-electron chi connectivity index (χ2n) is 5.99. The van der Waals surface area contributed by atoms with Gasteiger partial charge in [0.05, 0.1) is 4.90 Å². The Morgan fingerprint density at radius 2 is 1.80 bits per heavy atom. The molecule has 0 aromatic heterocycles. The third kappa shape index (κ3) is 4.99. The smallest absolute Gasteiger partial charge is 0.240 e. The lowest BCUT2D eigenvalue weighted by Crippen LogP contribution is -2.44. The molecule has 4 nitrogen and oxygen atoms in total. The zero-order valence-corrected chi connectivity index (χ0v) is 16.0. The molecule has 2 aromatic carbocycles. The van der Waals surface area contributed by atoms with Crippen LogP contribution in [-0.4, -0.2) is 32.9 Å². The van der Waals surface area contributed by atoms with E-state index in [0.717, 1.165) is 17.7 Å². The summed E-state index contributed by atoms with van der Waals surface area (Å²) in [7, 11) is -3.60. The zero-order valence-electron chi connectivity index (χ0n) is 13.7. The van der Waals surface area contributed by atoms with Crippen LogP contribution < -0.4 is 4.72 Å². The van der Waals surface area contributed by atoms with Gasteiger partial charge in [0.15, 0.2) is 0 Å². The van der Waals surface area contributed by atoms with Gasteiger partial charge in [-0.2, -0.15) is 0 Å². The molecule has 1 aliphatic rings. The molecule has 0 radical (unpaired) electrons. The Balaban J connectivity index is 1.76. The van der Waals surface area contributed by atoms with E-state index in [4.69, 9.17) is 16.3 Å². The van der Waals surface area contributed by atoms with Crippen LogP contribution in [0.25, 0.3) is 0 Å². The van der Waals surface area contributed by atoms with Crippen molar-refractivity contribution in [3.63, 3.8) is 0 Å². The van der Waals surface area contributed by atoms with Crippen LogP contribution in [0.5, 0.6) is 0 Å². The van der Waals surface area contributed by atoms with Gasteiger partial charge in [-0.15, -0.1) is 11.8 Å². The lowest BCUT2D eigenvalue weighted by Gasteiger charge is -2.36. The van der Waals surface area contributed by atoms with Crippen molar-refractivity contribution in [1.29, 1.82) is 0 Å². The topological polar surface area (TPSA) is 55.4 Å². The van der Waals surface area contributed by atoms with Crippen molar-refractivity contribution in [2.24, 2.45) is 0 Å². The molecular weight excluding hydrogens is 378 g/mol. The monoisotopic (exact) mass is 397 g/mol. The average Bonchev–Trinajstić information content (AvgIpc) is 2.62. The normalized spacial score (nSPS) is 17.3. The molecule has 1 saturated heterocycles. The van der Waals surface area contributed by atoms with Crippen LogP contribution in [0.15, 0.2) is 64.4 Å². The summed E-state index contributed by atoms with van der Waals surface area (Å²) in [5.74, 6) is 0. The third-order valence-electron chi connectivity index (χ3n) is 4.17. The summed E-state index contributed by atoms with van der Waals surface area (Å²) in [6, 6.07) is 16.4. The molecule has 7 heteroatoms. The molecule has 0 atom stereocenters. The van der Waals surface area contributed by atoms with Crippen LogP contribution in [0, 0.1) is 0 Å². The molecule has 3 rings (SSSR count). The molecule has 0 spiro atoms. The van der Waals surface area contributed by atoms with Crippen molar-refractivity contribution in [2.45, 2.75) is 27.4 Å². The van der Waals surface area contributed by atoms with Crippen LogP contribution in [0.1, 0.15) is 12.8 Å². The lowest BCUT2D eigenvalue weighted by atomic mass is 9.99. The van der Waals surface area contributed by atoms with E-state index in [1.807, 2.05) is 30.3 Å². The predicted octanol–water partition coefficient (Wildman–Crippen LogP) is 3.96. The maximum atomic E-state index is 12.6. The highest BCUT2D eigenvalue weighted by molar-refractivity contribution is 8.00. The Morgan fingerprint density at radius 3 is 2.48 bits per heavy atom. The van der Waals surface area contributed by atoms with E-state index in [1.54, 1.807) is 30.0 Å². The molecule has 1 heterocycles. The fourth-order valence-corrected chi connectivity index (χ4v) is 5.57. The first-order valence-electron chi connectivity index (χ1n) is 8.06. The minimum atomic E-state index is -3.60. The van der Waals surface area contributed by atoms with E-state index in [9.17, 15) is 8.42 Å². The number of thioether (sulfide) groups is 1. The highest BCUT2D eigenvalue weighted by Gasteiger charge is 2.35. The van der Waals surface area contributed by atoms with Gasteiger partial charge in [-0.3, -0.25) is 0 Å². The number of halogens is 1. The fraction of sp³-hybridized carbons (Fsp3) is 0.333. The van der Waals surface area contributed by atoms with Crippen LogP contribution in [0.3, 0.4) is 0 Å². The lowest BCUT2D eigenvalue weighted by molar-refractivity contribution is 0.0784. The quantitative estimate of drug-likeness (QED) is 0.801. The van der Waals surface area contributed by atoms with E-state index in [1.165, 1.54) is 6.07 Å². The Kier molecular flexibility index (Phi) is 6.07. The summed E-state index contributed by atoms with van der Waals surface area (Å²) >= 11 is 7.64. The highest BCUT2D eigenvalue weighted by atomic mass is 35.5. The summed E-state index contributed by atoms with van der Waals surface area (Å²) in [5.41, 5.74) is 0. The van der Waals surface area contributed by atoms with Gasteiger partial charge < -0.3 is 4.74 Å². The first-order chi connectivity index (χ1) is 12.0. The van der Waals surface area contributed by atoms with Gasteiger partial charge in [0.2, 0.25) is 10.0 Å². The molecule has 0 saturated carbocycles. The Labute approximate surface area is 158 Å². The molecule has 0 unspecified atom stereocenters. The van der Waals surface area contributed by atoms with Crippen molar-refractivity contribution < 1.29 is 13.2 Å². The van der Waals surface area contributed by atoms with Crippen LogP contribution in [-0.2, 0) is 14.8 Å². The van der Waals surface area contributed by atoms with Crippen molar-refractivity contribution in [2.75, 3.05) is 19.8 Å². The number of nitrogens with one attached hydrogen (secondary N) is 1. The first kappa shape index (κ1) is 18.7. The summed E-state index contributed by atoms with van der Waals surface area (Å²) in [5, 5.41) is 0.405. The van der Waals surface area contributed by atoms with Crippen molar-refractivity contribution in [1.82, 2.24) is 4.72 Å². The first-order valence-corrected chi connectivity index (χ1v) is 10.7. The van der Waals surface area contributed by atoms with E-state index in [2.05, 4.69) is 4.72 Å². The second kappa shape index (κ2) is 8.10. The molecule has 1 fully saturated rings. The van der Waals surface area contributed by atoms with Gasteiger partial charge in [-0.25, -0.2) is 13.1 Å². The van der Waals surface area contributed by atoms with Crippen molar-refractivity contribution in [3.8, 4) is 0 Å². The summed E-state index contributed by atoms with van der Waals surface area (Å²) < 4.78 is 33.3. The Hall–Kier alpha value is -1.05. The van der Waals surface area contributed by atoms with Crippen LogP contribution in [0.4, 0.5) is 0 Å². The highest BCUT2D eigenvalue weighted by Crippen LogP contribution is 2.40.